The number of hydrogen-bond donors (Lipinski definition) is 1. The minimum Gasteiger partial charge on any atom is -0.323 e. The monoisotopic (exact) mass is 237 g/mol. The fourth-order valence-corrected chi connectivity index (χ4v) is 1.72. The van der Waals surface area contributed by atoms with E-state index >= 15 is 0 Å². The van der Waals surface area contributed by atoms with Crippen molar-refractivity contribution in [2.75, 3.05) is 5.32 Å². The van der Waals surface area contributed by atoms with Crippen LogP contribution in [0.25, 0.3) is 11.1 Å². The number of anilines is 1. The molecule has 2 aromatic carbocycles. The van der Waals surface area contributed by atoms with Crippen molar-refractivity contribution in [2.45, 2.75) is 6.92 Å². The molecule has 0 radical (unpaired) electrons. The molecule has 1 N–H and O–H groups in total. The lowest BCUT2D eigenvalue weighted by Gasteiger charge is -2.06. The van der Waals surface area contributed by atoms with E-state index in [0.717, 1.165) is 16.8 Å². The molecular weight excluding hydrogens is 222 g/mol. The predicted octanol–water partition coefficient (Wildman–Crippen LogP) is 3.79. The lowest BCUT2D eigenvalue weighted by molar-refractivity contribution is -0.111. The van der Waals surface area contributed by atoms with Gasteiger partial charge in [0.2, 0.25) is 5.91 Å². The molecule has 18 heavy (non-hydrogen) atoms. The fraction of sp³-hybridized carbons (Fsp3) is 0.0625. The molecule has 2 heteroatoms. The highest BCUT2D eigenvalue weighted by molar-refractivity contribution is 5.99. The number of nitrogens with one attached hydrogen (secondary N) is 1. The predicted molar refractivity (Wildman–Crippen MR) is 75.4 cm³/mol. The molecule has 0 aliphatic rings. The summed E-state index contributed by atoms with van der Waals surface area (Å²) in [5, 5.41) is 2.76. The van der Waals surface area contributed by atoms with Gasteiger partial charge < -0.3 is 5.32 Å². The van der Waals surface area contributed by atoms with Gasteiger partial charge in [-0.3, -0.25) is 4.79 Å². The Morgan fingerprint density at radius 2 is 1.83 bits per heavy atom. The van der Waals surface area contributed by atoms with Gasteiger partial charge in [0.1, 0.15) is 0 Å². The van der Waals surface area contributed by atoms with E-state index in [4.69, 9.17) is 0 Å². The van der Waals surface area contributed by atoms with Crippen LogP contribution in [0.4, 0.5) is 5.69 Å². The van der Waals surface area contributed by atoms with Crippen LogP contribution in [-0.2, 0) is 4.79 Å². The Bertz CT molecular complexity index is 570. The summed E-state index contributed by atoms with van der Waals surface area (Å²) in [6.45, 7) is 5.50. The smallest absolute Gasteiger partial charge is 0.247 e. The number of hydrogen-bond acceptors (Lipinski definition) is 1. The maximum Gasteiger partial charge on any atom is 0.247 e. The highest BCUT2D eigenvalue weighted by atomic mass is 16.1. The molecule has 0 aliphatic heterocycles. The zero-order chi connectivity index (χ0) is 13.0. The van der Waals surface area contributed by atoms with Crippen LogP contribution < -0.4 is 5.32 Å². The van der Waals surface area contributed by atoms with E-state index in [9.17, 15) is 4.79 Å². The first-order valence-electron chi connectivity index (χ1n) is 5.79. The van der Waals surface area contributed by atoms with E-state index in [1.807, 2.05) is 24.3 Å². The van der Waals surface area contributed by atoms with Crippen molar-refractivity contribution in [1.29, 1.82) is 0 Å². The summed E-state index contributed by atoms with van der Waals surface area (Å²) < 4.78 is 0. The van der Waals surface area contributed by atoms with Crippen LogP contribution in [0.5, 0.6) is 0 Å². The van der Waals surface area contributed by atoms with Gasteiger partial charge in [-0.05, 0) is 36.3 Å². The van der Waals surface area contributed by atoms with Crippen molar-refractivity contribution in [1.82, 2.24) is 0 Å². The van der Waals surface area contributed by atoms with E-state index in [1.165, 1.54) is 11.6 Å². The van der Waals surface area contributed by atoms with Gasteiger partial charge in [0.15, 0.2) is 0 Å². The summed E-state index contributed by atoms with van der Waals surface area (Å²) in [5.41, 5.74) is 4.22. The molecule has 90 valence electrons. The molecule has 0 spiro atoms. The van der Waals surface area contributed by atoms with Gasteiger partial charge in [-0.2, -0.15) is 0 Å². The number of aryl methyl sites for hydroxylation is 1. The van der Waals surface area contributed by atoms with Crippen LogP contribution in [0.3, 0.4) is 0 Å². The Morgan fingerprint density at radius 3 is 2.50 bits per heavy atom. The average molecular weight is 237 g/mol. The third kappa shape index (κ3) is 2.86. The lowest BCUT2D eigenvalue weighted by Crippen LogP contribution is -2.06. The largest absolute Gasteiger partial charge is 0.323 e. The summed E-state index contributed by atoms with van der Waals surface area (Å²) in [6, 6.07) is 16.1. The number of benzene rings is 2. The summed E-state index contributed by atoms with van der Waals surface area (Å²) in [5.74, 6) is -0.198. The van der Waals surface area contributed by atoms with Gasteiger partial charge in [0, 0.05) is 5.69 Å². The Balaban J connectivity index is 2.29. The molecule has 0 heterocycles. The van der Waals surface area contributed by atoms with Crippen LogP contribution in [0.1, 0.15) is 5.56 Å². The van der Waals surface area contributed by atoms with Crippen molar-refractivity contribution < 1.29 is 4.79 Å². The number of carbonyl (C=O) groups excluding carboxylic acids is 1. The van der Waals surface area contributed by atoms with Crippen LogP contribution in [0, 0.1) is 6.92 Å². The van der Waals surface area contributed by atoms with E-state index in [1.54, 1.807) is 0 Å². The summed E-state index contributed by atoms with van der Waals surface area (Å²) in [6.07, 6.45) is 1.26. The molecule has 2 nitrogen and oxygen atoms in total. The second-order valence-electron chi connectivity index (χ2n) is 4.14. The molecule has 0 saturated carbocycles. The van der Waals surface area contributed by atoms with Gasteiger partial charge in [-0.1, -0.05) is 48.5 Å². The molecule has 0 aromatic heterocycles. The Hall–Kier alpha value is -2.35. The molecule has 0 saturated heterocycles. The third-order valence-corrected chi connectivity index (χ3v) is 2.70. The van der Waals surface area contributed by atoms with Gasteiger partial charge in [-0.25, -0.2) is 0 Å². The Morgan fingerprint density at radius 1 is 1.11 bits per heavy atom. The second kappa shape index (κ2) is 5.32. The van der Waals surface area contributed by atoms with Crippen molar-refractivity contribution in [3.05, 3.63) is 66.7 Å². The SMILES string of the molecule is C=CC(=O)Nc1cccc(-c2ccc(C)cc2)c1. The van der Waals surface area contributed by atoms with Gasteiger partial charge in [-0.15, -0.1) is 0 Å². The molecule has 1 amide bonds. The normalized spacial score (nSPS) is 9.83. The highest BCUT2D eigenvalue weighted by Gasteiger charge is 2.00. The molecule has 0 unspecified atom stereocenters. The maximum atomic E-state index is 11.2. The number of amides is 1. The Kier molecular flexibility index (Phi) is 3.58. The van der Waals surface area contributed by atoms with Crippen molar-refractivity contribution in [2.24, 2.45) is 0 Å². The number of carbonyl (C=O) groups is 1. The summed E-state index contributed by atoms with van der Waals surface area (Å²) in [4.78, 5) is 11.2. The molecule has 0 aliphatic carbocycles. The first-order valence-corrected chi connectivity index (χ1v) is 5.79. The zero-order valence-corrected chi connectivity index (χ0v) is 10.3. The first kappa shape index (κ1) is 12.1. The maximum absolute atomic E-state index is 11.2. The fourth-order valence-electron chi connectivity index (χ4n) is 1.72. The standard InChI is InChI=1S/C16H15NO/c1-3-16(18)17-15-6-4-5-14(11-15)13-9-7-12(2)8-10-13/h3-11H,1H2,2H3,(H,17,18). The lowest BCUT2D eigenvalue weighted by atomic mass is 10.0. The van der Waals surface area contributed by atoms with E-state index in [-0.39, 0.29) is 5.91 Å². The molecule has 0 atom stereocenters. The van der Waals surface area contributed by atoms with Gasteiger partial charge in [0.05, 0.1) is 0 Å². The van der Waals surface area contributed by atoms with Crippen LogP contribution in [-0.4, -0.2) is 5.91 Å². The minimum atomic E-state index is -0.198. The minimum absolute atomic E-state index is 0.198. The van der Waals surface area contributed by atoms with Crippen molar-refractivity contribution in [3.8, 4) is 11.1 Å². The van der Waals surface area contributed by atoms with Crippen LogP contribution in [0.2, 0.25) is 0 Å². The number of rotatable bonds is 3. The summed E-state index contributed by atoms with van der Waals surface area (Å²) in [7, 11) is 0. The van der Waals surface area contributed by atoms with E-state index in [0.29, 0.717) is 0 Å². The third-order valence-electron chi connectivity index (χ3n) is 2.70. The Labute approximate surface area is 107 Å². The van der Waals surface area contributed by atoms with E-state index in [2.05, 4.69) is 43.1 Å². The molecule has 2 aromatic rings. The van der Waals surface area contributed by atoms with Crippen LogP contribution >= 0.6 is 0 Å². The van der Waals surface area contributed by atoms with Crippen LogP contribution in [0.15, 0.2) is 61.2 Å². The average Bonchev–Trinajstić information content (AvgIpc) is 2.40. The summed E-state index contributed by atoms with van der Waals surface area (Å²) >= 11 is 0. The second-order valence-corrected chi connectivity index (χ2v) is 4.14. The molecular formula is C16H15NO. The van der Waals surface area contributed by atoms with Crippen molar-refractivity contribution in [3.63, 3.8) is 0 Å². The molecule has 0 bridgehead atoms. The van der Waals surface area contributed by atoms with E-state index < -0.39 is 0 Å². The molecule has 0 fully saturated rings. The quantitative estimate of drug-likeness (QED) is 0.808. The van der Waals surface area contributed by atoms with Gasteiger partial charge in [0.25, 0.3) is 0 Å². The topological polar surface area (TPSA) is 29.1 Å². The van der Waals surface area contributed by atoms with Gasteiger partial charge >= 0.3 is 0 Å². The first-order chi connectivity index (χ1) is 8.69. The van der Waals surface area contributed by atoms with Crippen molar-refractivity contribution >= 4 is 11.6 Å². The highest BCUT2D eigenvalue weighted by Crippen LogP contribution is 2.22. The molecule has 2 rings (SSSR count). The zero-order valence-electron chi connectivity index (χ0n) is 10.3.